The average molecular weight is 484 g/mol. The Morgan fingerprint density at radius 1 is 1.12 bits per heavy atom. The molecule has 1 fully saturated rings. The van der Waals surface area contributed by atoms with Gasteiger partial charge in [-0.3, -0.25) is 9.88 Å². The molecule has 3 heterocycles. The number of morpholine rings is 1. The molecule has 1 N–H and O–H groups in total. The van der Waals surface area contributed by atoms with E-state index in [1.54, 1.807) is 13.2 Å². The van der Waals surface area contributed by atoms with Crippen LogP contribution in [0.5, 0.6) is 17.4 Å². The Bertz CT molecular complexity index is 1190. The number of fused-ring (bicyclic) bond motifs is 1. The molecule has 34 heavy (non-hydrogen) atoms. The molecule has 0 aliphatic carbocycles. The van der Waals surface area contributed by atoms with Gasteiger partial charge in [-0.2, -0.15) is 5.26 Å². The highest BCUT2D eigenvalue weighted by Crippen LogP contribution is 2.38. The first-order valence-corrected chi connectivity index (χ1v) is 11.3. The number of nitrogens with one attached hydrogen (secondary N) is 1. The lowest BCUT2D eigenvalue weighted by atomic mass is 10.1. The number of benzene rings is 1. The van der Waals surface area contributed by atoms with E-state index < -0.39 is 0 Å². The quantitative estimate of drug-likeness (QED) is 0.452. The molecule has 0 amide bonds. The van der Waals surface area contributed by atoms with Gasteiger partial charge in [0, 0.05) is 43.4 Å². The second-order valence-electron chi connectivity index (χ2n) is 7.67. The van der Waals surface area contributed by atoms with Crippen molar-refractivity contribution in [3.63, 3.8) is 0 Å². The van der Waals surface area contributed by atoms with E-state index in [2.05, 4.69) is 26.3 Å². The second kappa shape index (κ2) is 11.2. The first-order valence-electron chi connectivity index (χ1n) is 10.9. The number of rotatable bonds is 9. The Labute approximate surface area is 203 Å². The number of hydrogen-bond acceptors (Lipinski definition) is 9. The fourth-order valence-corrected chi connectivity index (χ4v) is 3.90. The molecular weight excluding hydrogens is 458 g/mol. The van der Waals surface area contributed by atoms with Crippen LogP contribution in [0.3, 0.4) is 0 Å². The monoisotopic (exact) mass is 483 g/mol. The lowest BCUT2D eigenvalue weighted by Gasteiger charge is -2.26. The number of hydrogen-bond donors (Lipinski definition) is 1. The topological polar surface area (TPSA) is 102 Å². The van der Waals surface area contributed by atoms with E-state index in [-0.39, 0.29) is 0 Å². The molecule has 0 radical (unpaired) electrons. The van der Waals surface area contributed by atoms with Crippen LogP contribution in [0.25, 0.3) is 10.9 Å². The van der Waals surface area contributed by atoms with Crippen molar-refractivity contribution in [1.29, 1.82) is 5.26 Å². The molecule has 0 bridgehead atoms. The first kappa shape index (κ1) is 23.8. The van der Waals surface area contributed by atoms with Gasteiger partial charge in [0.2, 0.25) is 5.88 Å². The maximum Gasteiger partial charge on any atom is 0.215 e. The number of nitrogens with zero attached hydrogens (tertiary/aromatic N) is 4. The molecule has 2 aromatic heterocycles. The van der Waals surface area contributed by atoms with Crippen LogP contribution in [0, 0.1) is 11.3 Å². The number of nitriles is 1. The van der Waals surface area contributed by atoms with Crippen LogP contribution in [-0.4, -0.2) is 68.5 Å². The van der Waals surface area contributed by atoms with E-state index in [4.69, 9.17) is 30.5 Å². The van der Waals surface area contributed by atoms with E-state index in [1.165, 1.54) is 19.5 Å². The predicted molar refractivity (Wildman–Crippen MR) is 129 cm³/mol. The first-order chi connectivity index (χ1) is 16.6. The van der Waals surface area contributed by atoms with Crippen LogP contribution < -0.4 is 19.5 Å². The fraction of sp³-hybridized carbons (Fsp3) is 0.375. The molecule has 1 aromatic carbocycles. The summed E-state index contributed by atoms with van der Waals surface area (Å²) in [6.07, 6.45) is 3.89. The normalized spacial score (nSPS) is 13.9. The molecule has 0 spiro atoms. The largest absolute Gasteiger partial charge is 0.493 e. The SMILES string of the molecule is COc1cc(Nc2c(C#N)cnc3cc(OCCCN4CCOCC4)c(OC)cc23)c(Cl)cn1. The van der Waals surface area contributed by atoms with Gasteiger partial charge < -0.3 is 24.3 Å². The van der Waals surface area contributed by atoms with Crippen LogP contribution >= 0.6 is 11.6 Å². The summed E-state index contributed by atoms with van der Waals surface area (Å²) in [7, 11) is 3.11. The van der Waals surface area contributed by atoms with Crippen LogP contribution in [0.15, 0.2) is 30.6 Å². The van der Waals surface area contributed by atoms with Gasteiger partial charge in [0.15, 0.2) is 11.5 Å². The van der Waals surface area contributed by atoms with Crippen molar-refractivity contribution in [2.75, 3.05) is 59.0 Å². The van der Waals surface area contributed by atoms with Gasteiger partial charge >= 0.3 is 0 Å². The summed E-state index contributed by atoms with van der Waals surface area (Å²) in [6, 6.07) is 7.48. The van der Waals surface area contributed by atoms with Crippen LogP contribution in [0.2, 0.25) is 5.02 Å². The van der Waals surface area contributed by atoms with E-state index in [1.807, 2.05) is 12.1 Å². The van der Waals surface area contributed by atoms with Gasteiger partial charge in [-0.05, 0) is 12.5 Å². The maximum absolute atomic E-state index is 9.69. The Hall–Kier alpha value is -3.32. The van der Waals surface area contributed by atoms with E-state index >= 15 is 0 Å². The molecule has 3 aromatic rings. The van der Waals surface area contributed by atoms with E-state index in [0.29, 0.717) is 56.8 Å². The molecule has 178 valence electrons. The summed E-state index contributed by atoms with van der Waals surface area (Å²) < 4.78 is 22.2. The number of pyridine rings is 2. The maximum atomic E-state index is 9.69. The van der Waals surface area contributed by atoms with Crippen molar-refractivity contribution in [1.82, 2.24) is 14.9 Å². The van der Waals surface area contributed by atoms with E-state index in [9.17, 15) is 5.26 Å². The third kappa shape index (κ3) is 5.42. The summed E-state index contributed by atoms with van der Waals surface area (Å²) >= 11 is 6.33. The third-order valence-corrected chi connectivity index (χ3v) is 5.85. The molecule has 0 saturated carbocycles. The molecular formula is C24H26ClN5O4. The zero-order valence-electron chi connectivity index (χ0n) is 19.1. The molecule has 1 aliphatic heterocycles. The average Bonchev–Trinajstić information content (AvgIpc) is 2.88. The summed E-state index contributed by atoms with van der Waals surface area (Å²) in [5, 5.41) is 14.0. The molecule has 9 nitrogen and oxygen atoms in total. The highest BCUT2D eigenvalue weighted by atomic mass is 35.5. The van der Waals surface area contributed by atoms with E-state index in [0.717, 1.165) is 39.3 Å². The van der Waals surface area contributed by atoms with Gasteiger partial charge in [0.1, 0.15) is 6.07 Å². The highest BCUT2D eigenvalue weighted by Gasteiger charge is 2.16. The Kier molecular flexibility index (Phi) is 7.85. The van der Waals surface area contributed by atoms with Gasteiger partial charge in [0.05, 0.1) is 67.7 Å². The summed E-state index contributed by atoms with van der Waals surface area (Å²) in [4.78, 5) is 10.9. The van der Waals surface area contributed by atoms with Gasteiger partial charge in [-0.15, -0.1) is 0 Å². The van der Waals surface area contributed by atoms with Crippen molar-refractivity contribution >= 4 is 33.9 Å². The lowest BCUT2D eigenvalue weighted by molar-refractivity contribution is 0.0357. The van der Waals surface area contributed by atoms with Crippen LogP contribution in [-0.2, 0) is 4.74 Å². The van der Waals surface area contributed by atoms with Crippen molar-refractivity contribution in [3.8, 4) is 23.4 Å². The van der Waals surface area contributed by atoms with Gasteiger partial charge in [-0.1, -0.05) is 11.6 Å². The zero-order valence-corrected chi connectivity index (χ0v) is 19.9. The van der Waals surface area contributed by atoms with Crippen molar-refractivity contribution in [2.45, 2.75) is 6.42 Å². The molecule has 0 atom stereocenters. The smallest absolute Gasteiger partial charge is 0.215 e. The molecule has 1 saturated heterocycles. The Morgan fingerprint density at radius 2 is 1.94 bits per heavy atom. The number of anilines is 2. The Morgan fingerprint density at radius 3 is 2.68 bits per heavy atom. The van der Waals surface area contributed by atoms with Gasteiger partial charge in [-0.25, -0.2) is 4.98 Å². The molecule has 1 aliphatic rings. The molecule has 10 heteroatoms. The standard InChI is InChI=1S/C24H26ClN5O4/c1-31-21-10-17-19(11-22(21)34-7-3-4-30-5-8-33-9-6-30)27-14-16(13-26)24(17)29-20-12-23(32-2)28-15-18(20)25/h10-12,14-15H,3-9H2,1-2H3,(H,27,28,29). The van der Waals surface area contributed by atoms with Gasteiger partial charge in [0.25, 0.3) is 0 Å². The minimum absolute atomic E-state index is 0.362. The lowest BCUT2D eigenvalue weighted by Crippen LogP contribution is -2.37. The molecule has 4 rings (SSSR count). The number of aromatic nitrogens is 2. The van der Waals surface area contributed by atoms with Crippen LogP contribution in [0.1, 0.15) is 12.0 Å². The third-order valence-electron chi connectivity index (χ3n) is 5.55. The Balaban J connectivity index is 1.59. The molecule has 0 unspecified atom stereocenters. The number of halogens is 1. The zero-order chi connectivity index (χ0) is 23.9. The predicted octanol–water partition coefficient (Wildman–Crippen LogP) is 4.02. The summed E-state index contributed by atoms with van der Waals surface area (Å²) in [6.45, 7) is 4.97. The summed E-state index contributed by atoms with van der Waals surface area (Å²) in [5.74, 6) is 1.55. The number of methoxy groups -OCH3 is 2. The van der Waals surface area contributed by atoms with Crippen molar-refractivity contribution in [2.24, 2.45) is 0 Å². The number of ether oxygens (including phenoxy) is 4. The summed E-state index contributed by atoms with van der Waals surface area (Å²) in [5.41, 5.74) is 2.13. The van der Waals surface area contributed by atoms with Crippen molar-refractivity contribution in [3.05, 3.63) is 41.2 Å². The minimum atomic E-state index is 0.362. The van der Waals surface area contributed by atoms with Crippen molar-refractivity contribution < 1.29 is 18.9 Å². The minimum Gasteiger partial charge on any atom is -0.493 e. The second-order valence-corrected chi connectivity index (χ2v) is 8.07. The van der Waals surface area contributed by atoms with Crippen LogP contribution in [0.4, 0.5) is 11.4 Å². The highest BCUT2D eigenvalue weighted by molar-refractivity contribution is 6.33. The fourth-order valence-electron chi connectivity index (χ4n) is 3.75.